The van der Waals surface area contributed by atoms with Gasteiger partial charge in [-0.15, -0.1) is 0 Å². The van der Waals surface area contributed by atoms with Crippen molar-refractivity contribution in [1.29, 1.82) is 0 Å². The molecule has 1 aromatic heterocycles. The van der Waals surface area contributed by atoms with Crippen molar-refractivity contribution in [3.8, 4) is 0 Å². The molecule has 2 aromatic rings. The van der Waals surface area contributed by atoms with E-state index in [1.807, 2.05) is 31.0 Å². The molecule has 6 heteroatoms. The Morgan fingerprint density at radius 1 is 1.29 bits per heavy atom. The maximum atomic E-state index is 12.6. The number of nitrogens with zero attached hydrogens (tertiary/aromatic N) is 3. The van der Waals surface area contributed by atoms with Crippen molar-refractivity contribution >= 4 is 17.5 Å². The van der Waals surface area contributed by atoms with Crippen molar-refractivity contribution in [2.24, 2.45) is 13.0 Å². The maximum Gasteiger partial charge on any atom is 0.257 e. The predicted molar refractivity (Wildman–Crippen MR) is 93.0 cm³/mol. The van der Waals surface area contributed by atoms with Gasteiger partial charge in [-0.3, -0.25) is 9.48 Å². The highest BCUT2D eigenvalue weighted by Crippen LogP contribution is 2.31. The molecule has 24 heavy (non-hydrogen) atoms. The second-order valence-corrected chi connectivity index (χ2v) is 6.83. The van der Waals surface area contributed by atoms with Crippen LogP contribution < -0.4 is 0 Å². The first-order chi connectivity index (χ1) is 11.5. The molecule has 1 amide bonds. The maximum absolute atomic E-state index is 12.6. The van der Waals surface area contributed by atoms with Crippen molar-refractivity contribution in [2.45, 2.75) is 25.9 Å². The fraction of sp³-hybridized carbons (Fsp3) is 0.444. The lowest BCUT2D eigenvalue weighted by Gasteiger charge is -2.34. The summed E-state index contributed by atoms with van der Waals surface area (Å²) in [6.07, 6.45) is 2.69. The smallest absolute Gasteiger partial charge is 0.257 e. The minimum absolute atomic E-state index is 0.0278. The molecule has 1 saturated heterocycles. The number of likely N-dealkylation sites (tertiary alicyclic amines) is 1. The van der Waals surface area contributed by atoms with Gasteiger partial charge >= 0.3 is 0 Å². The van der Waals surface area contributed by atoms with Gasteiger partial charge < -0.3 is 10.0 Å². The van der Waals surface area contributed by atoms with Crippen LogP contribution in [0.25, 0.3) is 0 Å². The lowest BCUT2D eigenvalue weighted by molar-refractivity contribution is 0.0462. The van der Waals surface area contributed by atoms with Gasteiger partial charge in [-0.1, -0.05) is 23.7 Å². The van der Waals surface area contributed by atoms with E-state index in [0.29, 0.717) is 23.7 Å². The molecular weight excluding hydrogens is 326 g/mol. The van der Waals surface area contributed by atoms with Crippen molar-refractivity contribution in [1.82, 2.24) is 14.7 Å². The van der Waals surface area contributed by atoms with Gasteiger partial charge in [0.25, 0.3) is 5.91 Å². The standard InChI is InChI=1S/C18H22ClN3O2/c1-12-16(11-20-21(12)2)18(24)22-9-7-14(8-10-22)17(23)13-3-5-15(19)6-4-13/h3-6,11,14,17,23H,7-10H2,1-2H3/t17-/m1/s1. The van der Waals surface area contributed by atoms with E-state index in [4.69, 9.17) is 11.6 Å². The van der Waals surface area contributed by atoms with Gasteiger partial charge in [0, 0.05) is 30.9 Å². The summed E-state index contributed by atoms with van der Waals surface area (Å²) in [5.74, 6) is 0.185. The first-order valence-corrected chi connectivity index (χ1v) is 8.56. The van der Waals surface area contributed by atoms with Crippen LogP contribution in [0.3, 0.4) is 0 Å². The average molecular weight is 348 g/mol. The van der Waals surface area contributed by atoms with E-state index in [9.17, 15) is 9.90 Å². The molecule has 128 valence electrons. The Morgan fingerprint density at radius 2 is 1.92 bits per heavy atom. The summed E-state index contributed by atoms with van der Waals surface area (Å²) in [5.41, 5.74) is 2.42. The number of piperidine rings is 1. The number of carbonyl (C=O) groups is 1. The summed E-state index contributed by atoms with van der Waals surface area (Å²) in [7, 11) is 1.83. The third kappa shape index (κ3) is 3.32. The number of aliphatic hydroxyl groups excluding tert-OH is 1. The molecule has 1 atom stereocenters. The zero-order chi connectivity index (χ0) is 17.3. The van der Waals surface area contributed by atoms with Crippen LogP contribution in [-0.2, 0) is 7.05 Å². The van der Waals surface area contributed by atoms with Crippen molar-refractivity contribution in [2.75, 3.05) is 13.1 Å². The summed E-state index contributed by atoms with van der Waals surface area (Å²) in [4.78, 5) is 14.5. The average Bonchev–Trinajstić information content (AvgIpc) is 2.94. The molecule has 0 bridgehead atoms. The highest BCUT2D eigenvalue weighted by Gasteiger charge is 2.29. The number of benzene rings is 1. The number of amides is 1. The van der Waals surface area contributed by atoms with E-state index in [0.717, 1.165) is 24.1 Å². The zero-order valence-electron chi connectivity index (χ0n) is 13.9. The van der Waals surface area contributed by atoms with Crippen molar-refractivity contribution in [3.63, 3.8) is 0 Å². The quantitative estimate of drug-likeness (QED) is 0.928. The Morgan fingerprint density at radius 3 is 2.46 bits per heavy atom. The van der Waals surface area contributed by atoms with Crippen LogP contribution in [0.4, 0.5) is 0 Å². The van der Waals surface area contributed by atoms with Gasteiger partial charge in [0.15, 0.2) is 0 Å². The molecule has 2 heterocycles. The molecule has 1 aromatic carbocycles. The van der Waals surface area contributed by atoms with Gasteiger partial charge in [-0.05, 0) is 43.4 Å². The van der Waals surface area contributed by atoms with E-state index in [1.54, 1.807) is 23.0 Å². The largest absolute Gasteiger partial charge is 0.388 e. The number of aliphatic hydroxyl groups is 1. The summed E-state index contributed by atoms with van der Waals surface area (Å²) in [5, 5.41) is 15.4. The molecule has 0 radical (unpaired) electrons. The summed E-state index contributed by atoms with van der Waals surface area (Å²) in [6.45, 7) is 3.21. The monoisotopic (exact) mass is 347 g/mol. The van der Waals surface area contributed by atoms with E-state index >= 15 is 0 Å². The Kier molecular flexibility index (Phi) is 4.92. The number of aryl methyl sites for hydroxylation is 1. The zero-order valence-corrected chi connectivity index (χ0v) is 14.7. The topological polar surface area (TPSA) is 58.4 Å². The molecule has 3 rings (SSSR count). The number of carbonyl (C=O) groups excluding carboxylic acids is 1. The third-order valence-electron chi connectivity index (χ3n) is 4.95. The van der Waals surface area contributed by atoms with E-state index < -0.39 is 6.10 Å². The minimum Gasteiger partial charge on any atom is -0.388 e. The number of halogens is 1. The summed E-state index contributed by atoms with van der Waals surface area (Å²) >= 11 is 5.90. The first kappa shape index (κ1) is 17.0. The second-order valence-electron chi connectivity index (χ2n) is 6.39. The van der Waals surface area contributed by atoms with Gasteiger partial charge in [0.1, 0.15) is 0 Å². The highest BCUT2D eigenvalue weighted by molar-refractivity contribution is 6.30. The van der Waals surface area contributed by atoms with Crippen molar-refractivity contribution in [3.05, 3.63) is 52.3 Å². The number of hydrogen-bond donors (Lipinski definition) is 1. The van der Waals surface area contributed by atoms with Crippen LogP contribution in [0.5, 0.6) is 0 Å². The van der Waals surface area contributed by atoms with E-state index in [-0.39, 0.29) is 11.8 Å². The molecule has 1 fully saturated rings. The minimum atomic E-state index is -0.514. The highest BCUT2D eigenvalue weighted by atomic mass is 35.5. The van der Waals surface area contributed by atoms with Gasteiger partial charge in [0.2, 0.25) is 0 Å². The van der Waals surface area contributed by atoms with Crippen LogP contribution in [0.15, 0.2) is 30.5 Å². The predicted octanol–water partition coefficient (Wildman–Crippen LogP) is 2.97. The van der Waals surface area contributed by atoms with Crippen molar-refractivity contribution < 1.29 is 9.90 Å². The van der Waals surface area contributed by atoms with Crippen LogP contribution in [0.2, 0.25) is 5.02 Å². The fourth-order valence-corrected chi connectivity index (χ4v) is 3.36. The molecule has 0 unspecified atom stereocenters. The lowest BCUT2D eigenvalue weighted by Crippen LogP contribution is -2.40. The second kappa shape index (κ2) is 6.95. The SMILES string of the molecule is Cc1c(C(=O)N2CCC([C@H](O)c3ccc(Cl)cc3)CC2)cnn1C. The normalized spacial score (nSPS) is 17.1. The van der Waals surface area contributed by atoms with E-state index in [2.05, 4.69) is 5.10 Å². The van der Waals surface area contributed by atoms with Gasteiger partial charge in [-0.25, -0.2) is 0 Å². The number of rotatable bonds is 3. The Bertz CT molecular complexity index is 718. The van der Waals surface area contributed by atoms with Crippen LogP contribution in [0, 0.1) is 12.8 Å². The molecule has 1 aliphatic rings. The molecule has 1 aliphatic heterocycles. The van der Waals surface area contributed by atoms with Crippen LogP contribution in [-0.4, -0.2) is 38.8 Å². The Labute approximate surface area is 146 Å². The van der Waals surface area contributed by atoms with E-state index in [1.165, 1.54) is 0 Å². The third-order valence-corrected chi connectivity index (χ3v) is 5.20. The van der Waals surface area contributed by atoms with Crippen LogP contribution in [0.1, 0.15) is 40.6 Å². The number of aromatic nitrogens is 2. The Balaban J connectivity index is 1.62. The Hall–Kier alpha value is -1.85. The van der Waals surface area contributed by atoms with Gasteiger partial charge in [0.05, 0.1) is 17.9 Å². The molecule has 0 spiro atoms. The summed E-state index contributed by atoms with van der Waals surface area (Å²) < 4.78 is 1.71. The van der Waals surface area contributed by atoms with Gasteiger partial charge in [-0.2, -0.15) is 5.10 Å². The number of hydrogen-bond acceptors (Lipinski definition) is 3. The molecule has 0 aliphatic carbocycles. The summed E-state index contributed by atoms with van der Waals surface area (Å²) in [6, 6.07) is 7.32. The molecular formula is C18H22ClN3O2. The first-order valence-electron chi connectivity index (χ1n) is 8.18. The molecule has 1 N–H and O–H groups in total. The fourth-order valence-electron chi connectivity index (χ4n) is 3.23. The van der Waals surface area contributed by atoms with Crippen LogP contribution >= 0.6 is 11.6 Å². The molecule has 5 nitrogen and oxygen atoms in total. The molecule has 0 saturated carbocycles. The lowest BCUT2D eigenvalue weighted by atomic mass is 9.87.